The summed E-state index contributed by atoms with van der Waals surface area (Å²) in [5, 5.41) is 0. The Balaban J connectivity index is 1.81. The molecule has 2 atom stereocenters. The first-order valence-electron chi connectivity index (χ1n) is 13.2. The molecule has 1 saturated carbocycles. The number of halogens is 3. The van der Waals surface area contributed by atoms with Crippen molar-refractivity contribution in [1.82, 2.24) is 4.90 Å². The number of nitrogens with zero attached hydrogens (tertiary/aromatic N) is 1. The van der Waals surface area contributed by atoms with Crippen LogP contribution in [0.1, 0.15) is 67.4 Å². The Morgan fingerprint density at radius 3 is 2.45 bits per heavy atom. The molecule has 3 nitrogen and oxygen atoms in total. The summed E-state index contributed by atoms with van der Waals surface area (Å²) in [7, 11) is 1.41. The van der Waals surface area contributed by atoms with E-state index >= 15 is 0 Å². The normalized spacial score (nSPS) is 17.9. The Morgan fingerprint density at radius 2 is 1.87 bits per heavy atom. The number of ether oxygens (including phenoxy) is 1. The highest BCUT2D eigenvalue weighted by Crippen LogP contribution is 2.42. The Bertz CT molecular complexity index is 1160. The Kier molecular flexibility index (Phi) is 10.0. The van der Waals surface area contributed by atoms with Crippen LogP contribution in [-0.2, 0) is 6.42 Å². The number of benzene rings is 2. The molecule has 0 aromatic heterocycles. The van der Waals surface area contributed by atoms with E-state index in [1.54, 1.807) is 18.2 Å². The van der Waals surface area contributed by atoms with Gasteiger partial charge in [0, 0.05) is 12.6 Å². The van der Waals surface area contributed by atoms with Crippen LogP contribution in [0.25, 0.3) is 0 Å². The molecule has 0 heterocycles. The summed E-state index contributed by atoms with van der Waals surface area (Å²) in [4.78, 5) is 14.7. The maximum Gasteiger partial charge on any atom is 0.418 e. The van der Waals surface area contributed by atoms with Gasteiger partial charge in [0.2, 0.25) is 0 Å². The minimum absolute atomic E-state index is 0.0271. The van der Waals surface area contributed by atoms with Gasteiger partial charge in [-0.1, -0.05) is 69.8 Å². The van der Waals surface area contributed by atoms with E-state index < -0.39 is 17.7 Å². The maximum atomic E-state index is 14.0. The molecule has 1 fully saturated rings. The van der Waals surface area contributed by atoms with Crippen molar-refractivity contribution in [3.63, 3.8) is 0 Å². The third kappa shape index (κ3) is 7.86. The van der Waals surface area contributed by atoms with Crippen molar-refractivity contribution in [2.75, 3.05) is 13.7 Å². The second-order valence-corrected chi connectivity index (χ2v) is 10.3. The molecule has 0 spiro atoms. The summed E-state index contributed by atoms with van der Waals surface area (Å²) in [6.45, 7) is 9.96. The smallest absolute Gasteiger partial charge is 0.418 e. The molecule has 0 aliphatic heterocycles. The van der Waals surface area contributed by atoms with E-state index in [9.17, 15) is 18.0 Å². The Morgan fingerprint density at radius 1 is 1.18 bits per heavy atom. The quantitative estimate of drug-likeness (QED) is 0.205. The van der Waals surface area contributed by atoms with Crippen molar-refractivity contribution in [2.45, 2.75) is 58.5 Å². The van der Waals surface area contributed by atoms with Crippen molar-refractivity contribution in [1.29, 1.82) is 0 Å². The average Bonchev–Trinajstić information content (AvgIpc) is 3.60. The van der Waals surface area contributed by atoms with E-state index in [0.29, 0.717) is 36.2 Å². The molecule has 38 heavy (non-hydrogen) atoms. The number of amides is 1. The first kappa shape index (κ1) is 29.3. The van der Waals surface area contributed by atoms with Gasteiger partial charge in [-0.05, 0) is 78.8 Å². The van der Waals surface area contributed by atoms with Crippen molar-refractivity contribution in [3.8, 4) is 5.75 Å². The summed E-state index contributed by atoms with van der Waals surface area (Å²) in [5.41, 5.74) is 1.33. The number of rotatable bonds is 12. The lowest BCUT2D eigenvalue weighted by molar-refractivity contribution is -0.0908. The molecule has 0 N–H and O–H groups in total. The lowest BCUT2D eigenvalue weighted by Gasteiger charge is -2.26. The fraction of sp³-hybridized carbons (Fsp3) is 0.406. The molecule has 6 heteroatoms. The molecule has 2 aromatic rings. The summed E-state index contributed by atoms with van der Waals surface area (Å²) >= 11 is 0. The van der Waals surface area contributed by atoms with E-state index in [0.717, 1.165) is 41.9 Å². The fourth-order valence-corrected chi connectivity index (χ4v) is 4.57. The van der Waals surface area contributed by atoms with Gasteiger partial charge in [-0.3, -0.25) is 4.79 Å². The van der Waals surface area contributed by atoms with Crippen LogP contribution in [0.2, 0.25) is 0 Å². The van der Waals surface area contributed by atoms with Crippen molar-refractivity contribution < 1.29 is 22.7 Å². The molecule has 0 bridgehead atoms. The minimum Gasteiger partial charge on any atom is -0.494 e. The van der Waals surface area contributed by atoms with E-state index in [1.165, 1.54) is 12.6 Å². The van der Waals surface area contributed by atoms with Crippen LogP contribution >= 0.6 is 0 Å². The highest BCUT2D eigenvalue weighted by atomic mass is 19.4. The van der Waals surface area contributed by atoms with Gasteiger partial charge in [0.05, 0.1) is 17.9 Å². The number of hydrogen-bond acceptors (Lipinski definition) is 2. The molecule has 0 saturated heterocycles. The van der Waals surface area contributed by atoms with Crippen molar-refractivity contribution in [3.05, 3.63) is 101 Å². The second kappa shape index (κ2) is 13.0. The molecule has 1 unspecified atom stereocenters. The van der Waals surface area contributed by atoms with E-state index in [1.807, 2.05) is 38.1 Å². The van der Waals surface area contributed by atoms with Crippen LogP contribution in [0.3, 0.4) is 0 Å². The van der Waals surface area contributed by atoms with Gasteiger partial charge in [0.1, 0.15) is 5.75 Å². The zero-order valence-electron chi connectivity index (χ0n) is 22.7. The van der Waals surface area contributed by atoms with E-state index in [4.69, 9.17) is 4.74 Å². The SMILES string of the molecule is C=C/C=C(\C(=C/CC1C[C@H]1C)N(C)C(=O)c1ccc(OCCCc2ccccc2)cc1C(C)C)C(F)(F)F. The molecular formula is C32H38F3NO2. The highest BCUT2D eigenvalue weighted by molar-refractivity contribution is 5.97. The maximum absolute atomic E-state index is 14.0. The van der Waals surface area contributed by atoms with Crippen LogP contribution in [0.4, 0.5) is 13.2 Å². The van der Waals surface area contributed by atoms with Crippen LogP contribution < -0.4 is 4.74 Å². The third-order valence-electron chi connectivity index (χ3n) is 7.02. The molecule has 0 radical (unpaired) electrons. The van der Waals surface area contributed by atoms with Crippen LogP contribution in [-0.4, -0.2) is 30.6 Å². The van der Waals surface area contributed by atoms with Gasteiger partial charge >= 0.3 is 6.18 Å². The van der Waals surface area contributed by atoms with Gasteiger partial charge in [-0.2, -0.15) is 13.2 Å². The summed E-state index contributed by atoms with van der Waals surface area (Å²) in [5.74, 6) is 0.955. The largest absolute Gasteiger partial charge is 0.494 e. The van der Waals surface area contributed by atoms with Crippen molar-refractivity contribution in [2.24, 2.45) is 11.8 Å². The summed E-state index contributed by atoms with van der Waals surface area (Å²) in [6.07, 6.45) is 2.18. The molecule has 3 rings (SSSR count). The number of hydrogen-bond donors (Lipinski definition) is 0. The highest BCUT2D eigenvalue weighted by Gasteiger charge is 2.39. The topological polar surface area (TPSA) is 29.5 Å². The number of likely N-dealkylation sites (N-methyl/N-ethyl adjacent to an activating group) is 1. The molecule has 2 aromatic carbocycles. The Hall–Kier alpha value is -3.28. The van der Waals surface area contributed by atoms with Crippen LogP contribution in [0.15, 0.2) is 84.6 Å². The number of alkyl halides is 3. The minimum atomic E-state index is -4.62. The molecule has 1 aliphatic rings. The number of aryl methyl sites for hydroxylation is 1. The number of carbonyl (C=O) groups is 1. The van der Waals surface area contributed by atoms with Crippen LogP contribution in [0, 0.1) is 11.8 Å². The predicted molar refractivity (Wildman–Crippen MR) is 147 cm³/mol. The van der Waals surface area contributed by atoms with Gasteiger partial charge < -0.3 is 9.64 Å². The van der Waals surface area contributed by atoms with Crippen molar-refractivity contribution >= 4 is 5.91 Å². The average molecular weight is 526 g/mol. The summed E-state index contributed by atoms with van der Waals surface area (Å²) in [6, 6.07) is 15.4. The second-order valence-electron chi connectivity index (χ2n) is 10.3. The number of allylic oxidation sites excluding steroid dienone is 4. The monoisotopic (exact) mass is 525 g/mol. The molecule has 1 aliphatic carbocycles. The first-order valence-corrected chi connectivity index (χ1v) is 13.2. The molecule has 1 amide bonds. The van der Waals surface area contributed by atoms with Gasteiger partial charge in [0.25, 0.3) is 5.91 Å². The predicted octanol–water partition coefficient (Wildman–Crippen LogP) is 8.50. The third-order valence-corrected chi connectivity index (χ3v) is 7.02. The fourth-order valence-electron chi connectivity index (χ4n) is 4.57. The standard InChI is InChI=1S/C32H38F3NO2/c1-6-11-29(32(33,34)35)30(18-15-25-20-23(25)4)36(5)31(37)27-17-16-26(21-28(27)22(2)3)38-19-10-14-24-12-8-7-9-13-24/h6-9,11-13,16-18,21-23,25H,1,10,14-15,19-20H2,2-5H3/b29-11+,30-18+/t23-,25?/m1/s1. The van der Waals surface area contributed by atoms with Gasteiger partial charge in [-0.15, -0.1) is 0 Å². The van der Waals surface area contributed by atoms with Gasteiger partial charge in [0.15, 0.2) is 0 Å². The summed E-state index contributed by atoms with van der Waals surface area (Å²) < 4.78 is 48.0. The first-order chi connectivity index (χ1) is 18.0. The zero-order valence-corrected chi connectivity index (χ0v) is 22.7. The van der Waals surface area contributed by atoms with E-state index in [2.05, 4.69) is 25.6 Å². The lowest BCUT2D eigenvalue weighted by Crippen LogP contribution is -2.31. The van der Waals surface area contributed by atoms with Gasteiger partial charge in [-0.25, -0.2) is 0 Å². The zero-order chi connectivity index (χ0) is 27.9. The van der Waals surface area contributed by atoms with E-state index in [-0.39, 0.29) is 11.6 Å². The molecule has 204 valence electrons. The molecular weight excluding hydrogens is 487 g/mol. The Labute approximate surface area is 224 Å². The number of carbonyl (C=O) groups excluding carboxylic acids is 1. The van der Waals surface area contributed by atoms with Crippen LogP contribution in [0.5, 0.6) is 5.75 Å². The lowest BCUT2D eigenvalue weighted by atomic mass is 9.95.